The van der Waals surface area contributed by atoms with Crippen molar-refractivity contribution in [2.75, 3.05) is 24.2 Å². The van der Waals surface area contributed by atoms with E-state index in [2.05, 4.69) is 5.32 Å². The van der Waals surface area contributed by atoms with E-state index < -0.39 is 10.0 Å². The summed E-state index contributed by atoms with van der Waals surface area (Å²) in [6.45, 7) is 2.42. The van der Waals surface area contributed by atoms with E-state index in [9.17, 15) is 13.2 Å². The normalized spacial score (nSPS) is 12.3. The van der Waals surface area contributed by atoms with Gasteiger partial charge in [0.15, 0.2) is 18.1 Å². The first kappa shape index (κ1) is 22.5. The molecule has 3 aromatic rings. The fourth-order valence-electron chi connectivity index (χ4n) is 3.37. The summed E-state index contributed by atoms with van der Waals surface area (Å²) in [5, 5.41) is 2.79. The SMILES string of the molecule is CCN(c1ccc(OCC(=O)NCc2ccc3c(c2)OCO3)cc1)S(=O)(=O)c1ccccc1. The number of sulfonamides is 1. The molecule has 0 saturated carbocycles. The van der Waals surface area contributed by atoms with Crippen molar-refractivity contribution in [1.82, 2.24) is 5.32 Å². The van der Waals surface area contributed by atoms with Crippen LogP contribution in [0.3, 0.4) is 0 Å². The van der Waals surface area contributed by atoms with Crippen molar-refractivity contribution in [3.05, 3.63) is 78.4 Å². The van der Waals surface area contributed by atoms with Gasteiger partial charge in [0.2, 0.25) is 6.79 Å². The summed E-state index contributed by atoms with van der Waals surface area (Å²) in [6.07, 6.45) is 0. The molecule has 1 N–H and O–H groups in total. The molecule has 9 heteroatoms. The van der Waals surface area contributed by atoms with Crippen molar-refractivity contribution >= 4 is 21.6 Å². The molecule has 0 saturated heterocycles. The highest BCUT2D eigenvalue weighted by atomic mass is 32.2. The Morgan fingerprint density at radius 1 is 1.00 bits per heavy atom. The molecule has 0 radical (unpaired) electrons. The number of benzene rings is 3. The molecule has 0 bridgehead atoms. The highest BCUT2D eigenvalue weighted by Gasteiger charge is 2.23. The van der Waals surface area contributed by atoms with Crippen LogP contribution in [0.2, 0.25) is 0 Å². The number of anilines is 1. The van der Waals surface area contributed by atoms with E-state index in [-0.39, 0.29) is 30.7 Å². The fourth-order valence-corrected chi connectivity index (χ4v) is 4.87. The zero-order valence-electron chi connectivity index (χ0n) is 18.1. The molecule has 8 nitrogen and oxygen atoms in total. The zero-order valence-corrected chi connectivity index (χ0v) is 18.9. The minimum absolute atomic E-state index is 0.163. The first-order valence-corrected chi connectivity index (χ1v) is 11.9. The highest BCUT2D eigenvalue weighted by Crippen LogP contribution is 2.32. The second-order valence-electron chi connectivity index (χ2n) is 7.23. The quantitative estimate of drug-likeness (QED) is 0.518. The maximum absolute atomic E-state index is 12.9. The summed E-state index contributed by atoms with van der Waals surface area (Å²) in [7, 11) is -3.67. The number of hydrogen-bond donors (Lipinski definition) is 1. The summed E-state index contributed by atoms with van der Waals surface area (Å²) >= 11 is 0. The predicted molar refractivity (Wildman–Crippen MR) is 123 cm³/mol. The molecule has 0 aliphatic carbocycles. The smallest absolute Gasteiger partial charge is 0.264 e. The van der Waals surface area contributed by atoms with Gasteiger partial charge in [-0.1, -0.05) is 24.3 Å². The number of carbonyl (C=O) groups is 1. The molecule has 1 amide bonds. The van der Waals surface area contributed by atoms with Crippen molar-refractivity contribution in [3.63, 3.8) is 0 Å². The van der Waals surface area contributed by atoms with Crippen LogP contribution in [0.5, 0.6) is 17.2 Å². The Labute approximate surface area is 192 Å². The van der Waals surface area contributed by atoms with Gasteiger partial charge in [-0.3, -0.25) is 9.10 Å². The molecular weight excluding hydrogens is 444 g/mol. The van der Waals surface area contributed by atoms with Gasteiger partial charge < -0.3 is 19.5 Å². The largest absolute Gasteiger partial charge is 0.484 e. The van der Waals surface area contributed by atoms with Crippen LogP contribution in [0.15, 0.2) is 77.7 Å². The number of rotatable bonds is 9. The van der Waals surface area contributed by atoms with Gasteiger partial charge in [-0.25, -0.2) is 8.42 Å². The lowest BCUT2D eigenvalue weighted by Crippen LogP contribution is -2.30. The summed E-state index contributed by atoms with van der Waals surface area (Å²) in [5.74, 6) is 1.53. The Morgan fingerprint density at radius 3 is 2.45 bits per heavy atom. The summed E-state index contributed by atoms with van der Waals surface area (Å²) < 4.78 is 43.4. The molecular formula is C24H24N2O6S. The molecule has 0 aromatic heterocycles. The predicted octanol–water partition coefficient (Wildman–Crippen LogP) is 3.33. The maximum Gasteiger partial charge on any atom is 0.264 e. The van der Waals surface area contributed by atoms with Crippen molar-refractivity contribution < 1.29 is 27.4 Å². The topological polar surface area (TPSA) is 94.2 Å². The maximum atomic E-state index is 12.9. The van der Waals surface area contributed by atoms with Crippen LogP contribution in [-0.2, 0) is 21.4 Å². The Kier molecular flexibility index (Phi) is 6.69. The van der Waals surface area contributed by atoms with Crippen LogP contribution >= 0.6 is 0 Å². The lowest BCUT2D eigenvalue weighted by atomic mass is 10.2. The second kappa shape index (κ2) is 9.83. The number of nitrogens with one attached hydrogen (secondary N) is 1. The van der Waals surface area contributed by atoms with E-state index in [1.807, 2.05) is 12.1 Å². The average molecular weight is 469 g/mol. The van der Waals surface area contributed by atoms with Crippen molar-refractivity contribution in [2.45, 2.75) is 18.4 Å². The monoisotopic (exact) mass is 468 g/mol. The third-order valence-corrected chi connectivity index (χ3v) is 6.96. The standard InChI is InChI=1S/C24H24N2O6S/c1-2-26(33(28,29)21-6-4-3-5-7-21)19-9-11-20(12-10-19)30-16-24(27)25-15-18-8-13-22-23(14-18)32-17-31-22/h3-14H,2,15-17H2,1H3,(H,25,27). The third-order valence-electron chi connectivity index (χ3n) is 5.04. The van der Waals surface area contributed by atoms with Crippen LogP contribution in [0.1, 0.15) is 12.5 Å². The van der Waals surface area contributed by atoms with Gasteiger partial charge >= 0.3 is 0 Å². The van der Waals surface area contributed by atoms with Gasteiger partial charge in [-0.15, -0.1) is 0 Å². The number of ether oxygens (including phenoxy) is 3. The fraction of sp³-hybridized carbons (Fsp3) is 0.208. The summed E-state index contributed by atoms with van der Waals surface area (Å²) in [6, 6.07) is 20.4. The van der Waals surface area contributed by atoms with Gasteiger partial charge in [0, 0.05) is 13.1 Å². The van der Waals surface area contributed by atoms with Gasteiger partial charge in [0.25, 0.3) is 15.9 Å². The minimum Gasteiger partial charge on any atom is -0.484 e. The van der Waals surface area contributed by atoms with Crippen LogP contribution in [-0.4, -0.2) is 34.3 Å². The molecule has 0 unspecified atom stereocenters. The van der Waals surface area contributed by atoms with E-state index in [0.717, 1.165) is 5.56 Å². The van der Waals surface area contributed by atoms with E-state index >= 15 is 0 Å². The zero-order chi connectivity index (χ0) is 23.3. The van der Waals surface area contributed by atoms with E-state index in [1.165, 1.54) is 4.31 Å². The molecule has 3 aromatic carbocycles. The molecule has 1 heterocycles. The van der Waals surface area contributed by atoms with Crippen LogP contribution in [0.25, 0.3) is 0 Å². The van der Waals surface area contributed by atoms with Crippen molar-refractivity contribution in [1.29, 1.82) is 0 Å². The Morgan fingerprint density at radius 2 is 1.73 bits per heavy atom. The number of carbonyl (C=O) groups excluding carboxylic acids is 1. The molecule has 0 fully saturated rings. The van der Waals surface area contributed by atoms with Gasteiger partial charge in [0.05, 0.1) is 10.6 Å². The first-order valence-electron chi connectivity index (χ1n) is 10.4. The highest BCUT2D eigenvalue weighted by molar-refractivity contribution is 7.92. The van der Waals surface area contributed by atoms with E-state index in [0.29, 0.717) is 29.5 Å². The number of nitrogens with zero attached hydrogens (tertiary/aromatic N) is 1. The van der Waals surface area contributed by atoms with Crippen molar-refractivity contribution in [3.8, 4) is 17.2 Å². The van der Waals surface area contributed by atoms with E-state index in [1.54, 1.807) is 67.6 Å². The lowest BCUT2D eigenvalue weighted by Gasteiger charge is -2.23. The lowest BCUT2D eigenvalue weighted by molar-refractivity contribution is -0.123. The summed E-state index contributed by atoms with van der Waals surface area (Å²) in [4.78, 5) is 12.4. The molecule has 172 valence electrons. The Bertz CT molecular complexity index is 1210. The second-order valence-corrected chi connectivity index (χ2v) is 9.09. The van der Waals surface area contributed by atoms with E-state index in [4.69, 9.17) is 14.2 Å². The van der Waals surface area contributed by atoms with Crippen LogP contribution in [0, 0.1) is 0 Å². The number of amides is 1. The average Bonchev–Trinajstić information content (AvgIpc) is 3.31. The molecule has 33 heavy (non-hydrogen) atoms. The number of hydrogen-bond acceptors (Lipinski definition) is 6. The summed E-state index contributed by atoms with van der Waals surface area (Å²) in [5.41, 5.74) is 1.40. The molecule has 1 aliphatic rings. The van der Waals surface area contributed by atoms with Gasteiger partial charge in [0.1, 0.15) is 5.75 Å². The first-order chi connectivity index (χ1) is 16.0. The Hall–Kier alpha value is -3.72. The molecule has 0 spiro atoms. The van der Waals surface area contributed by atoms with Crippen LogP contribution in [0.4, 0.5) is 5.69 Å². The molecule has 1 aliphatic heterocycles. The van der Waals surface area contributed by atoms with Gasteiger partial charge in [-0.05, 0) is 61.0 Å². The number of fused-ring (bicyclic) bond motifs is 1. The Balaban J connectivity index is 1.32. The van der Waals surface area contributed by atoms with Gasteiger partial charge in [-0.2, -0.15) is 0 Å². The molecule has 0 atom stereocenters. The third kappa shape index (κ3) is 5.20. The van der Waals surface area contributed by atoms with Crippen LogP contribution < -0.4 is 23.8 Å². The molecule has 4 rings (SSSR count). The minimum atomic E-state index is -3.67. The van der Waals surface area contributed by atoms with Crippen molar-refractivity contribution in [2.24, 2.45) is 0 Å².